The molecule has 0 aliphatic heterocycles. The van der Waals surface area contributed by atoms with Crippen LogP contribution in [0.2, 0.25) is 0 Å². The van der Waals surface area contributed by atoms with E-state index in [9.17, 15) is 9.59 Å². The zero-order valence-electron chi connectivity index (χ0n) is 15.2. The first-order valence-corrected chi connectivity index (χ1v) is 9.04. The van der Waals surface area contributed by atoms with Crippen LogP contribution in [0.5, 0.6) is 5.75 Å². The lowest BCUT2D eigenvalue weighted by atomic mass is 10.0. The second-order valence-electron chi connectivity index (χ2n) is 5.71. The molecule has 0 aliphatic carbocycles. The number of benzene rings is 1. The van der Waals surface area contributed by atoms with E-state index in [0.717, 1.165) is 11.3 Å². The lowest BCUT2D eigenvalue weighted by Gasteiger charge is -2.14. The van der Waals surface area contributed by atoms with E-state index in [-0.39, 0.29) is 11.6 Å². The molecule has 0 unspecified atom stereocenters. The molecule has 0 aliphatic rings. The Kier molecular flexibility index (Phi) is 6.19. The molecule has 2 amide bonds. The second kappa shape index (κ2) is 8.15. The fourth-order valence-electron chi connectivity index (χ4n) is 2.45. The smallest absolute Gasteiger partial charge is 0.344 e. The standard InChI is InChI=1S/C17H24N4O3S/c1-6-18-15(22)19-16-21(17(23)20(7-2)25-16)14-9-8-12(24-5)10-13(14)11(3)4/h8-11H,6-7H2,1-5H3,(H,18,22)/b19-16+. The van der Waals surface area contributed by atoms with E-state index in [1.165, 1.54) is 16.1 Å². The first-order valence-electron chi connectivity index (χ1n) is 8.26. The first kappa shape index (κ1) is 19.0. The molecular formula is C17H24N4O3S. The molecule has 0 saturated carbocycles. The van der Waals surface area contributed by atoms with E-state index in [1.807, 2.05) is 39.8 Å². The van der Waals surface area contributed by atoms with Crippen molar-refractivity contribution in [2.75, 3.05) is 13.7 Å². The molecule has 0 fully saturated rings. The van der Waals surface area contributed by atoms with Gasteiger partial charge in [0.05, 0.1) is 12.8 Å². The third kappa shape index (κ3) is 4.01. The van der Waals surface area contributed by atoms with Gasteiger partial charge in [0.1, 0.15) is 5.75 Å². The van der Waals surface area contributed by atoms with Gasteiger partial charge in [0, 0.05) is 13.1 Å². The molecular weight excluding hydrogens is 340 g/mol. The lowest BCUT2D eigenvalue weighted by Crippen LogP contribution is -2.30. The largest absolute Gasteiger partial charge is 0.497 e. The van der Waals surface area contributed by atoms with Crippen LogP contribution in [-0.2, 0) is 6.54 Å². The summed E-state index contributed by atoms with van der Waals surface area (Å²) in [6.07, 6.45) is 0. The maximum atomic E-state index is 12.8. The second-order valence-corrected chi connectivity index (χ2v) is 6.70. The van der Waals surface area contributed by atoms with E-state index in [2.05, 4.69) is 10.3 Å². The quantitative estimate of drug-likeness (QED) is 0.885. The van der Waals surface area contributed by atoms with E-state index in [1.54, 1.807) is 17.1 Å². The topological polar surface area (TPSA) is 77.6 Å². The third-order valence-corrected chi connectivity index (χ3v) is 4.77. The van der Waals surface area contributed by atoms with E-state index < -0.39 is 6.03 Å². The highest BCUT2D eigenvalue weighted by molar-refractivity contribution is 7.03. The number of ether oxygens (including phenoxy) is 1. The van der Waals surface area contributed by atoms with Crippen molar-refractivity contribution in [3.05, 3.63) is 39.0 Å². The number of nitrogens with one attached hydrogen (secondary N) is 1. The van der Waals surface area contributed by atoms with Gasteiger partial charge in [-0.15, -0.1) is 0 Å². The highest BCUT2D eigenvalue weighted by Crippen LogP contribution is 2.26. The summed E-state index contributed by atoms with van der Waals surface area (Å²) in [6.45, 7) is 8.79. The Labute approximate surface area is 150 Å². The number of carbonyl (C=O) groups is 1. The van der Waals surface area contributed by atoms with Gasteiger partial charge < -0.3 is 10.1 Å². The van der Waals surface area contributed by atoms with E-state index >= 15 is 0 Å². The van der Waals surface area contributed by atoms with Crippen LogP contribution in [0.3, 0.4) is 0 Å². The molecule has 0 spiro atoms. The normalized spacial score (nSPS) is 11.8. The number of amides is 2. The molecule has 0 bridgehead atoms. The van der Waals surface area contributed by atoms with Crippen LogP contribution in [-0.4, -0.2) is 28.2 Å². The van der Waals surface area contributed by atoms with E-state index in [4.69, 9.17) is 4.74 Å². The Morgan fingerprint density at radius 1 is 1.36 bits per heavy atom. The fourth-order valence-corrected chi connectivity index (χ4v) is 3.32. The van der Waals surface area contributed by atoms with Crippen molar-refractivity contribution in [2.45, 2.75) is 40.2 Å². The van der Waals surface area contributed by atoms with Gasteiger partial charge >= 0.3 is 11.7 Å². The molecule has 1 aromatic heterocycles. The number of urea groups is 1. The van der Waals surface area contributed by atoms with Gasteiger partial charge in [0.25, 0.3) is 0 Å². The van der Waals surface area contributed by atoms with Gasteiger partial charge in [-0.1, -0.05) is 13.8 Å². The maximum Gasteiger partial charge on any atom is 0.344 e. The van der Waals surface area contributed by atoms with Crippen LogP contribution >= 0.6 is 11.5 Å². The molecule has 7 nitrogen and oxygen atoms in total. The summed E-state index contributed by atoms with van der Waals surface area (Å²) in [5.74, 6) is 0.894. The van der Waals surface area contributed by atoms with Gasteiger partial charge in [-0.25, -0.2) is 18.1 Å². The Morgan fingerprint density at radius 3 is 2.64 bits per heavy atom. The van der Waals surface area contributed by atoms with Crippen molar-refractivity contribution in [1.82, 2.24) is 13.8 Å². The summed E-state index contributed by atoms with van der Waals surface area (Å²) in [7, 11) is 1.61. The Bertz CT molecular complexity index is 877. The summed E-state index contributed by atoms with van der Waals surface area (Å²) in [6, 6.07) is 5.09. The predicted octanol–water partition coefficient (Wildman–Crippen LogP) is 2.48. The molecule has 0 radical (unpaired) electrons. The van der Waals surface area contributed by atoms with Crippen LogP contribution in [0.15, 0.2) is 28.0 Å². The molecule has 25 heavy (non-hydrogen) atoms. The number of hydrogen-bond donors (Lipinski definition) is 1. The minimum absolute atomic E-state index is 0.171. The number of hydrogen-bond acceptors (Lipinski definition) is 4. The number of aromatic nitrogens is 2. The van der Waals surface area contributed by atoms with Crippen LogP contribution in [0.25, 0.3) is 5.69 Å². The monoisotopic (exact) mass is 364 g/mol. The Hall–Kier alpha value is -2.35. The van der Waals surface area contributed by atoms with Gasteiger partial charge in [0.15, 0.2) is 0 Å². The molecule has 0 atom stereocenters. The Balaban J connectivity index is 2.77. The average Bonchev–Trinajstić information content (AvgIpc) is 2.89. The number of carbonyl (C=O) groups excluding carboxylic acids is 1. The van der Waals surface area contributed by atoms with Crippen molar-refractivity contribution in [1.29, 1.82) is 0 Å². The molecule has 136 valence electrons. The van der Waals surface area contributed by atoms with Crippen molar-refractivity contribution in [3.8, 4) is 11.4 Å². The predicted molar refractivity (Wildman–Crippen MR) is 98.9 cm³/mol. The van der Waals surface area contributed by atoms with Gasteiger partial charge in [-0.3, -0.25) is 0 Å². The molecule has 8 heteroatoms. The molecule has 0 saturated heterocycles. The van der Waals surface area contributed by atoms with Crippen molar-refractivity contribution in [3.63, 3.8) is 0 Å². The van der Waals surface area contributed by atoms with Crippen molar-refractivity contribution in [2.24, 2.45) is 4.99 Å². The van der Waals surface area contributed by atoms with Crippen LogP contribution in [0.4, 0.5) is 4.79 Å². The van der Waals surface area contributed by atoms with Crippen LogP contribution in [0, 0.1) is 0 Å². The van der Waals surface area contributed by atoms with Gasteiger partial charge in [-0.05, 0) is 55.1 Å². The fraction of sp³-hybridized carbons (Fsp3) is 0.471. The highest BCUT2D eigenvalue weighted by Gasteiger charge is 2.16. The van der Waals surface area contributed by atoms with Gasteiger partial charge in [0.2, 0.25) is 4.80 Å². The summed E-state index contributed by atoms with van der Waals surface area (Å²) in [5, 5.41) is 2.63. The molecule has 2 aromatic rings. The van der Waals surface area contributed by atoms with Crippen LogP contribution in [0.1, 0.15) is 39.2 Å². The molecule has 1 aromatic carbocycles. The third-order valence-electron chi connectivity index (χ3n) is 3.70. The van der Waals surface area contributed by atoms with Crippen LogP contribution < -0.4 is 20.5 Å². The van der Waals surface area contributed by atoms with Crippen molar-refractivity contribution >= 4 is 17.6 Å². The Morgan fingerprint density at radius 2 is 2.08 bits per heavy atom. The number of aryl methyl sites for hydroxylation is 1. The minimum Gasteiger partial charge on any atom is -0.497 e. The molecule has 2 rings (SSSR count). The maximum absolute atomic E-state index is 12.8. The summed E-state index contributed by atoms with van der Waals surface area (Å²) in [5.41, 5.74) is 1.46. The van der Waals surface area contributed by atoms with Gasteiger partial charge in [-0.2, -0.15) is 4.99 Å². The van der Waals surface area contributed by atoms with E-state index in [0.29, 0.717) is 23.6 Å². The summed E-state index contributed by atoms with van der Waals surface area (Å²) < 4.78 is 8.38. The molecule has 1 heterocycles. The average molecular weight is 364 g/mol. The lowest BCUT2D eigenvalue weighted by molar-refractivity contribution is 0.249. The minimum atomic E-state index is -0.458. The SMILES string of the molecule is CCNC(=O)/N=c1/sn(CC)c(=O)n1-c1ccc(OC)cc1C(C)C. The number of methoxy groups -OCH3 is 1. The summed E-state index contributed by atoms with van der Waals surface area (Å²) in [4.78, 5) is 29.1. The highest BCUT2D eigenvalue weighted by atomic mass is 32.1. The zero-order chi connectivity index (χ0) is 18.6. The number of nitrogens with zero attached hydrogens (tertiary/aromatic N) is 3. The number of rotatable bonds is 5. The zero-order valence-corrected chi connectivity index (χ0v) is 16.0. The van der Waals surface area contributed by atoms with Crippen molar-refractivity contribution < 1.29 is 9.53 Å². The summed E-state index contributed by atoms with van der Waals surface area (Å²) >= 11 is 1.17. The first-order chi connectivity index (χ1) is 11.9. The molecule has 1 N–H and O–H groups in total.